The van der Waals surface area contributed by atoms with E-state index in [4.69, 9.17) is 4.74 Å². The van der Waals surface area contributed by atoms with Crippen LogP contribution in [-0.2, 0) is 16.0 Å². The third kappa shape index (κ3) is 2.09. The van der Waals surface area contributed by atoms with E-state index >= 15 is 0 Å². The third-order valence-electron chi connectivity index (χ3n) is 3.24. The average Bonchev–Trinajstić information content (AvgIpc) is 2.33. The van der Waals surface area contributed by atoms with Gasteiger partial charge in [-0.15, -0.1) is 0 Å². The summed E-state index contributed by atoms with van der Waals surface area (Å²) in [6.45, 7) is 1.18. The Morgan fingerprint density at radius 1 is 1.33 bits per heavy atom. The summed E-state index contributed by atoms with van der Waals surface area (Å²) in [5, 5.41) is 5.70. The van der Waals surface area contributed by atoms with Gasteiger partial charge in [0.25, 0.3) is 5.91 Å². The van der Waals surface area contributed by atoms with Gasteiger partial charge in [0.05, 0.1) is 19.3 Å². The molecule has 5 nitrogen and oxygen atoms in total. The van der Waals surface area contributed by atoms with Gasteiger partial charge in [-0.25, -0.2) is 0 Å². The number of hydrogen-bond donors (Lipinski definition) is 2. The lowest BCUT2D eigenvalue weighted by Gasteiger charge is -2.27. The van der Waals surface area contributed by atoms with Crippen molar-refractivity contribution in [2.45, 2.75) is 18.9 Å². The molecule has 0 aliphatic carbocycles. The fourth-order valence-corrected chi connectivity index (χ4v) is 2.11. The molecule has 1 saturated heterocycles. The van der Waals surface area contributed by atoms with Crippen LogP contribution >= 0.6 is 0 Å². The Labute approximate surface area is 105 Å². The highest BCUT2D eigenvalue weighted by Crippen LogP contribution is 2.23. The third-order valence-corrected chi connectivity index (χ3v) is 3.24. The summed E-state index contributed by atoms with van der Waals surface area (Å²) in [6.07, 6.45) is 1.17. The summed E-state index contributed by atoms with van der Waals surface area (Å²) in [6, 6.07) is 5.51. The summed E-state index contributed by atoms with van der Waals surface area (Å²) >= 11 is 0. The number of aryl methyl sites for hydroxylation is 1. The second-order valence-electron chi connectivity index (χ2n) is 4.63. The van der Waals surface area contributed by atoms with Crippen LogP contribution in [0.25, 0.3) is 0 Å². The van der Waals surface area contributed by atoms with Crippen LogP contribution in [0.4, 0.5) is 5.69 Å². The van der Waals surface area contributed by atoms with E-state index in [1.54, 1.807) is 12.1 Å². The van der Waals surface area contributed by atoms with Crippen LogP contribution in [0.1, 0.15) is 22.3 Å². The zero-order chi connectivity index (χ0) is 12.5. The number of carbonyl (C=O) groups excluding carboxylic acids is 2. The first kappa shape index (κ1) is 11.2. The summed E-state index contributed by atoms with van der Waals surface area (Å²) in [5.41, 5.74) is 2.47. The summed E-state index contributed by atoms with van der Waals surface area (Å²) in [5.74, 6) is -0.0469. The molecule has 0 spiro atoms. The lowest BCUT2D eigenvalue weighted by Crippen LogP contribution is -2.48. The van der Waals surface area contributed by atoms with Crippen molar-refractivity contribution >= 4 is 17.5 Å². The Hall–Kier alpha value is -1.88. The molecule has 1 fully saturated rings. The van der Waals surface area contributed by atoms with Gasteiger partial charge in [-0.2, -0.15) is 0 Å². The summed E-state index contributed by atoms with van der Waals surface area (Å²) in [4.78, 5) is 23.2. The molecule has 0 unspecified atom stereocenters. The number of hydrogen-bond acceptors (Lipinski definition) is 3. The molecular weight excluding hydrogens is 232 g/mol. The van der Waals surface area contributed by atoms with Gasteiger partial charge < -0.3 is 15.4 Å². The van der Waals surface area contributed by atoms with E-state index in [1.165, 1.54) is 0 Å². The lowest BCUT2D eigenvalue weighted by molar-refractivity contribution is -0.116. The van der Waals surface area contributed by atoms with Crippen molar-refractivity contribution in [3.05, 3.63) is 29.3 Å². The quantitative estimate of drug-likeness (QED) is 0.807. The van der Waals surface area contributed by atoms with Crippen molar-refractivity contribution in [2.24, 2.45) is 0 Å². The van der Waals surface area contributed by atoms with E-state index in [0.29, 0.717) is 31.6 Å². The zero-order valence-corrected chi connectivity index (χ0v) is 9.86. The van der Waals surface area contributed by atoms with E-state index in [2.05, 4.69) is 10.6 Å². The fourth-order valence-electron chi connectivity index (χ4n) is 2.11. The maximum atomic E-state index is 11.9. The van der Waals surface area contributed by atoms with Crippen LogP contribution in [0.15, 0.2) is 18.2 Å². The highest BCUT2D eigenvalue weighted by atomic mass is 16.5. The first-order valence-corrected chi connectivity index (χ1v) is 6.04. The van der Waals surface area contributed by atoms with Gasteiger partial charge in [0.15, 0.2) is 0 Å². The molecule has 94 valence electrons. The van der Waals surface area contributed by atoms with E-state index in [-0.39, 0.29) is 17.9 Å². The Balaban J connectivity index is 1.76. The minimum absolute atomic E-state index is 0.0336. The fraction of sp³-hybridized carbons (Fsp3) is 0.385. The molecule has 2 heterocycles. The minimum atomic E-state index is -0.0806. The van der Waals surface area contributed by atoms with Crippen molar-refractivity contribution in [1.82, 2.24) is 5.32 Å². The number of benzene rings is 1. The molecule has 1 aromatic rings. The smallest absolute Gasteiger partial charge is 0.251 e. The Morgan fingerprint density at radius 3 is 2.89 bits per heavy atom. The number of carbonyl (C=O) groups is 2. The number of fused-ring (bicyclic) bond motifs is 1. The molecule has 0 saturated carbocycles. The largest absolute Gasteiger partial charge is 0.377 e. The summed E-state index contributed by atoms with van der Waals surface area (Å²) < 4.78 is 5.01. The lowest BCUT2D eigenvalue weighted by atomic mass is 10.00. The highest BCUT2D eigenvalue weighted by molar-refractivity contribution is 5.98. The van der Waals surface area contributed by atoms with Gasteiger partial charge >= 0.3 is 0 Å². The molecular formula is C13H14N2O3. The second-order valence-corrected chi connectivity index (χ2v) is 4.63. The molecule has 0 radical (unpaired) electrons. The van der Waals surface area contributed by atoms with Gasteiger partial charge in [-0.1, -0.05) is 0 Å². The first-order valence-electron chi connectivity index (χ1n) is 6.04. The van der Waals surface area contributed by atoms with Gasteiger partial charge in [0.2, 0.25) is 5.91 Å². The number of nitrogens with one attached hydrogen (secondary N) is 2. The van der Waals surface area contributed by atoms with Crippen LogP contribution in [0.3, 0.4) is 0 Å². The number of ether oxygens (including phenoxy) is 1. The van der Waals surface area contributed by atoms with E-state index in [1.807, 2.05) is 6.07 Å². The van der Waals surface area contributed by atoms with Crippen LogP contribution in [0.2, 0.25) is 0 Å². The Bertz CT molecular complexity index is 509. The zero-order valence-electron chi connectivity index (χ0n) is 9.86. The summed E-state index contributed by atoms with van der Waals surface area (Å²) in [7, 11) is 0. The van der Waals surface area contributed by atoms with Crippen molar-refractivity contribution in [3.63, 3.8) is 0 Å². The highest BCUT2D eigenvalue weighted by Gasteiger charge is 2.22. The van der Waals surface area contributed by atoms with Crippen LogP contribution < -0.4 is 10.6 Å². The number of amides is 2. The first-order chi connectivity index (χ1) is 8.72. The SMILES string of the molecule is O=C1CCc2cc(C(=O)NC3COC3)ccc2N1. The van der Waals surface area contributed by atoms with Crippen LogP contribution in [0, 0.1) is 0 Å². The van der Waals surface area contributed by atoms with Crippen molar-refractivity contribution in [2.75, 3.05) is 18.5 Å². The normalized spacial score (nSPS) is 18.6. The minimum Gasteiger partial charge on any atom is -0.377 e. The maximum absolute atomic E-state index is 11.9. The predicted octanol–water partition coefficient (Wildman–Crippen LogP) is 0.700. The van der Waals surface area contributed by atoms with Gasteiger partial charge in [0, 0.05) is 17.7 Å². The number of rotatable bonds is 2. The Kier molecular flexibility index (Phi) is 2.76. The van der Waals surface area contributed by atoms with Crippen molar-refractivity contribution in [1.29, 1.82) is 0 Å². The molecule has 2 amide bonds. The molecule has 0 aromatic heterocycles. The molecule has 0 atom stereocenters. The van der Waals surface area contributed by atoms with E-state index in [0.717, 1.165) is 11.3 Å². The predicted molar refractivity (Wildman–Crippen MR) is 65.5 cm³/mol. The standard InChI is InChI=1S/C13H14N2O3/c16-12-4-2-8-5-9(1-3-11(8)15-12)13(17)14-10-6-18-7-10/h1,3,5,10H,2,4,6-7H2,(H,14,17)(H,15,16). The monoisotopic (exact) mass is 246 g/mol. The van der Waals surface area contributed by atoms with Crippen LogP contribution in [0.5, 0.6) is 0 Å². The second kappa shape index (κ2) is 4.42. The van der Waals surface area contributed by atoms with Crippen LogP contribution in [-0.4, -0.2) is 31.1 Å². The van der Waals surface area contributed by atoms with Gasteiger partial charge in [-0.05, 0) is 30.2 Å². The van der Waals surface area contributed by atoms with Crippen molar-refractivity contribution < 1.29 is 14.3 Å². The molecule has 2 aliphatic heterocycles. The van der Waals surface area contributed by atoms with Crippen molar-refractivity contribution in [3.8, 4) is 0 Å². The van der Waals surface area contributed by atoms with E-state index < -0.39 is 0 Å². The molecule has 5 heteroatoms. The maximum Gasteiger partial charge on any atom is 0.251 e. The molecule has 18 heavy (non-hydrogen) atoms. The average molecular weight is 246 g/mol. The Morgan fingerprint density at radius 2 is 2.17 bits per heavy atom. The van der Waals surface area contributed by atoms with E-state index in [9.17, 15) is 9.59 Å². The van der Waals surface area contributed by atoms with Gasteiger partial charge in [-0.3, -0.25) is 9.59 Å². The molecule has 3 rings (SSSR count). The van der Waals surface area contributed by atoms with Gasteiger partial charge in [0.1, 0.15) is 0 Å². The number of anilines is 1. The molecule has 2 N–H and O–H groups in total. The molecule has 1 aromatic carbocycles. The molecule has 2 aliphatic rings. The molecule has 0 bridgehead atoms. The topological polar surface area (TPSA) is 67.4 Å².